The van der Waals surface area contributed by atoms with E-state index in [1.165, 1.54) is 11.3 Å². The van der Waals surface area contributed by atoms with Gasteiger partial charge in [-0.2, -0.15) is 0 Å². The molecule has 1 unspecified atom stereocenters. The molecule has 1 aliphatic heterocycles. The van der Waals surface area contributed by atoms with Crippen LogP contribution in [0.2, 0.25) is 0 Å². The molecule has 0 saturated heterocycles. The molecule has 0 bridgehead atoms. The highest BCUT2D eigenvalue weighted by Gasteiger charge is 2.40. The van der Waals surface area contributed by atoms with Crippen molar-refractivity contribution in [1.82, 2.24) is 4.98 Å². The van der Waals surface area contributed by atoms with Crippen molar-refractivity contribution in [1.29, 1.82) is 0 Å². The largest absolute Gasteiger partial charge is 0.501 e. The van der Waals surface area contributed by atoms with Crippen molar-refractivity contribution in [2.45, 2.75) is 10.4 Å². The van der Waals surface area contributed by atoms with Crippen LogP contribution in [0.4, 0.5) is 0 Å². The number of aliphatic hydroxyl groups excluding tert-OH is 1. The minimum absolute atomic E-state index is 0.179. The summed E-state index contributed by atoms with van der Waals surface area (Å²) in [5.41, 5.74) is 1.24. The summed E-state index contributed by atoms with van der Waals surface area (Å²) in [4.78, 5) is 29.1. The van der Waals surface area contributed by atoms with E-state index in [0.717, 1.165) is 22.0 Å². The summed E-state index contributed by atoms with van der Waals surface area (Å²) in [7, 11) is 0. The Balaban J connectivity index is 1.67. The van der Waals surface area contributed by atoms with Crippen molar-refractivity contribution < 1.29 is 19.4 Å². The molecular formula is C18H11NO4S2. The summed E-state index contributed by atoms with van der Waals surface area (Å²) < 4.78 is 6.71. The van der Waals surface area contributed by atoms with Crippen LogP contribution in [0.1, 0.15) is 10.4 Å². The maximum absolute atomic E-state index is 12.7. The van der Waals surface area contributed by atoms with Crippen molar-refractivity contribution in [3.8, 4) is 0 Å². The fourth-order valence-electron chi connectivity index (χ4n) is 2.46. The van der Waals surface area contributed by atoms with E-state index < -0.39 is 17.8 Å². The van der Waals surface area contributed by atoms with E-state index in [1.807, 2.05) is 24.3 Å². The number of benzene rings is 2. The first-order valence-electron chi connectivity index (χ1n) is 7.40. The molecule has 1 N–H and O–H groups in total. The van der Waals surface area contributed by atoms with Gasteiger partial charge in [0.25, 0.3) is 0 Å². The van der Waals surface area contributed by atoms with Gasteiger partial charge in [-0.05, 0) is 12.1 Å². The third kappa shape index (κ3) is 2.92. The molecule has 2 aromatic carbocycles. The number of carbonyl (C=O) groups is 2. The Morgan fingerprint density at radius 1 is 1.12 bits per heavy atom. The maximum atomic E-state index is 12.7. The molecule has 0 spiro atoms. The van der Waals surface area contributed by atoms with Crippen LogP contribution in [0.5, 0.6) is 0 Å². The molecule has 124 valence electrons. The number of aliphatic hydroxyl groups is 1. The van der Waals surface area contributed by atoms with Gasteiger partial charge < -0.3 is 9.84 Å². The number of ketones is 1. The lowest BCUT2D eigenvalue weighted by atomic mass is 10.1. The standard InChI is InChI=1S/C18H11NO4S2/c20-13(10-6-2-1-3-7-10)15-16(14(21)17(22)23-15)25-18-19-11-8-4-5-9-12(11)24-18/h1-9,15,21H. The van der Waals surface area contributed by atoms with E-state index in [2.05, 4.69) is 4.98 Å². The van der Waals surface area contributed by atoms with E-state index in [4.69, 9.17) is 4.74 Å². The summed E-state index contributed by atoms with van der Waals surface area (Å²) >= 11 is 2.52. The topological polar surface area (TPSA) is 76.5 Å². The van der Waals surface area contributed by atoms with Gasteiger partial charge in [-0.1, -0.05) is 54.2 Å². The van der Waals surface area contributed by atoms with Gasteiger partial charge in [0, 0.05) is 5.56 Å². The zero-order chi connectivity index (χ0) is 17.4. The number of fused-ring (bicyclic) bond motifs is 1. The second-order valence-corrected chi connectivity index (χ2v) is 7.60. The van der Waals surface area contributed by atoms with Crippen LogP contribution in [0.25, 0.3) is 10.2 Å². The molecule has 3 aromatic rings. The van der Waals surface area contributed by atoms with E-state index in [1.54, 1.807) is 30.3 Å². The molecule has 0 aliphatic carbocycles. The monoisotopic (exact) mass is 369 g/mol. The van der Waals surface area contributed by atoms with Gasteiger partial charge in [0.05, 0.1) is 15.1 Å². The van der Waals surface area contributed by atoms with Crippen molar-refractivity contribution in [3.05, 3.63) is 70.8 Å². The lowest BCUT2D eigenvalue weighted by molar-refractivity contribution is -0.140. The number of thioether (sulfide) groups is 1. The summed E-state index contributed by atoms with van der Waals surface area (Å²) in [5.74, 6) is -1.79. The number of hydrogen-bond donors (Lipinski definition) is 1. The van der Waals surface area contributed by atoms with E-state index in [0.29, 0.717) is 9.90 Å². The van der Waals surface area contributed by atoms with Gasteiger partial charge in [0.1, 0.15) is 0 Å². The number of rotatable bonds is 4. The molecule has 5 nitrogen and oxygen atoms in total. The first kappa shape index (κ1) is 15.9. The first-order valence-corrected chi connectivity index (χ1v) is 9.03. The Kier molecular flexibility index (Phi) is 4.03. The molecule has 4 rings (SSSR count). The second-order valence-electron chi connectivity index (χ2n) is 5.28. The van der Waals surface area contributed by atoms with Crippen LogP contribution in [-0.2, 0) is 9.53 Å². The van der Waals surface area contributed by atoms with Gasteiger partial charge in [-0.25, -0.2) is 9.78 Å². The Morgan fingerprint density at radius 3 is 2.60 bits per heavy atom. The smallest absolute Gasteiger partial charge is 0.375 e. The lowest BCUT2D eigenvalue weighted by Crippen LogP contribution is -2.23. The van der Waals surface area contributed by atoms with Crippen LogP contribution >= 0.6 is 23.1 Å². The van der Waals surface area contributed by atoms with Crippen LogP contribution < -0.4 is 0 Å². The Bertz CT molecular complexity index is 977. The zero-order valence-electron chi connectivity index (χ0n) is 12.7. The van der Waals surface area contributed by atoms with Crippen LogP contribution in [0.3, 0.4) is 0 Å². The fourth-order valence-corrected chi connectivity index (χ4v) is 4.63. The van der Waals surface area contributed by atoms with Crippen LogP contribution in [0.15, 0.2) is 69.6 Å². The average Bonchev–Trinajstić information content (AvgIpc) is 3.17. The number of carbonyl (C=O) groups excluding carboxylic acids is 2. The number of Topliss-reactive ketones (excluding diaryl/α,β-unsaturated/α-hetero) is 1. The van der Waals surface area contributed by atoms with Gasteiger partial charge in [0.2, 0.25) is 11.5 Å². The van der Waals surface area contributed by atoms with E-state index in [9.17, 15) is 14.7 Å². The van der Waals surface area contributed by atoms with Crippen molar-refractivity contribution in [2.75, 3.05) is 0 Å². The molecule has 2 heterocycles. The van der Waals surface area contributed by atoms with Gasteiger partial charge in [-0.3, -0.25) is 4.79 Å². The Morgan fingerprint density at radius 2 is 1.84 bits per heavy atom. The minimum Gasteiger partial charge on any atom is -0.501 e. The number of para-hydroxylation sites is 1. The summed E-state index contributed by atoms with van der Waals surface area (Å²) in [6, 6.07) is 16.2. The number of cyclic esters (lactones) is 1. The van der Waals surface area contributed by atoms with Gasteiger partial charge >= 0.3 is 5.97 Å². The predicted molar refractivity (Wildman–Crippen MR) is 95.8 cm³/mol. The van der Waals surface area contributed by atoms with Gasteiger partial charge in [0.15, 0.2) is 10.4 Å². The SMILES string of the molecule is O=C1OC(C(=O)c2ccccc2)C(Sc2nc3ccccc3s2)=C1O. The average molecular weight is 369 g/mol. The third-order valence-electron chi connectivity index (χ3n) is 3.66. The number of esters is 1. The van der Waals surface area contributed by atoms with Crippen molar-refractivity contribution in [3.63, 3.8) is 0 Å². The maximum Gasteiger partial charge on any atom is 0.375 e. The summed E-state index contributed by atoms with van der Waals surface area (Å²) in [5, 5.41) is 10.1. The number of aromatic nitrogens is 1. The highest BCUT2D eigenvalue weighted by atomic mass is 32.2. The van der Waals surface area contributed by atoms with E-state index >= 15 is 0 Å². The minimum atomic E-state index is -1.15. The molecule has 0 amide bonds. The first-order chi connectivity index (χ1) is 12.1. The fraction of sp³-hybridized carbons (Fsp3) is 0.0556. The lowest BCUT2D eigenvalue weighted by Gasteiger charge is -2.11. The highest BCUT2D eigenvalue weighted by molar-refractivity contribution is 8.04. The number of ether oxygens (including phenoxy) is 1. The van der Waals surface area contributed by atoms with Crippen LogP contribution in [-0.4, -0.2) is 27.9 Å². The number of hydrogen-bond acceptors (Lipinski definition) is 7. The molecule has 25 heavy (non-hydrogen) atoms. The summed E-state index contributed by atoms with van der Waals surface area (Å²) in [6.45, 7) is 0. The molecule has 7 heteroatoms. The third-order valence-corrected chi connectivity index (χ3v) is 5.88. The molecule has 0 radical (unpaired) electrons. The Hall–Kier alpha value is -2.64. The van der Waals surface area contributed by atoms with Crippen LogP contribution in [0, 0.1) is 0 Å². The molecular weight excluding hydrogens is 358 g/mol. The van der Waals surface area contributed by atoms with Crippen molar-refractivity contribution in [2.24, 2.45) is 0 Å². The quantitative estimate of drug-likeness (QED) is 0.554. The normalized spacial score (nSPS) is 17.1. The zero-order valence-corrected chi connectivity index (χ0v) is 14.3. The second kappa shape index (κ2) is 6.34. The molecule has 0 fully saturated rings. The Labute approximate surface area is 151 Å². The molecule has 1 atom stereocenters. The van der Waals surface area contributed by atoms with Gasteiger partial charge in [-0.15, -0.1) is 11.3 Å². The highest BCUT2D eigenvalue weighted by Crippen LogP contribution is 2.40. The van der Waals surface area contributed by atoms with E-state index in [-0.39, 0.29) is 10.7 Å². The molecule has 1 aromatic heterocycles. The number of nitrogens with zero attached hydrogens (tertiary/aromatic N) is 1. The summed E-state index contributed by atoms with van der Waals surface area (Å²) in [6.07, 6.45) is -1.15. The molecule has 0 saturated carbocycles. The van der Waals surface area contributed by atoms with Crippen molar-refractivity contribution >= 4 is 45.1 Å². The molecule has 1 aliphatic rings. The number of thiazole rings is 1. The predicted octanol–water partition coefficient (Wildman–Crippen LogP) is 3.97.